The van der Waals surface area contributed by atoms with E-state index in [1.54, 1.807) is 18.2 Å². The van der Waals surface area contributed by atoms with Gasteiger partial charge in [-0.05, 0) is 43.9 Å². The van der Waals surface area contributed by atoms with E-state index in [2.05, 4.69) is 5.32 Å². The van der Waals surface area contributed by atoms with Crippen LogP contribution in [0.25, 0.3) is 11.1 Å². The van der Waals surface area contributed by atoms with Gasteiger partial charge in [-0.3, -0.25) is 4.79 Å². The van der Waals surface area contributed by atoms with E-state index in [4.69, 9.17) is 9.47 Å². The Kier molecular flexibility index (Phi) is 5.73. The SMILES string of the molecule is CC1(C)CC(C(=O)NCC2Cc3cccc(-c4ccccc4C(F)(F)F)c3O2)CCO1. The van der Waals surface area contributed by atoms with Gasteiger partial charge in [-0.1, -0.05) is 36.4 Å². The molecule has 31 heavy (non-hydrogen) atoms. The fourth-order valence-electron chi connectivity index (χ4n) is 4.44. The van der Waals surface area contributed by atoms with Crippen LogP contribution in [0, 0.1) is 5.92 Å². The van der Waals surface area contributed by atoms with Crippen molar-refractivity contribution in [2.45, 2.75) is 51.0 Å². The third-order valence-electron chi connectivity index (χ3n) is 5.92. The lowest BCUT2D eigenvalue weighted by molar-refractivity contribution is -0.137. The lowest BCUT2D eigenvalue weighted by Gasteiger charge is -2.34. The standard InChI is InChI=1S/C24H26F3NO3/c1-23(2)13-16(10-11-30-23)22(29)28-14-17-12-15-6-5-8-19(21(15)31-17)18-7-3-4-9-20(18)24(25,26)27/h3-9,16-17H,10-14H2,1-2H3,(H,28,29). The van der Waals surface area contributed by atoms with E-state index in [0.717, 1.165) is 11.6 Å². The Labute approximate surface area is 179 Å². The van der Waals surface area contributed by atoms with E-state index in [1.807, 2.05) is 19.9 Å². The summed E-state index contributed by atoms with van der Waals surface area (Å²) in [6.07, 6.45) is -2.90. The summed E-state index contributed by atoms with van der Waals surface area (Å²) in [5.74, 6) is 0.325. The van der Waals surface area contributed by atoms with Crippen molar-refractivity contribution in [1.82, 2.24) is 5.32 Å². The summed E-state index contributed by atoms with van der Waals surface area (Å²) in [6, 6.07) is 10.8. The Hall–Kier alpha value is -2.54. The van der Waals surface area contributed by atoms with Gasteiger partial charge in [0.15, 0.2) is 0 Å². The van der Waals surface area contributed by atoms with E-state index in [-0.39, 0.29) is 29.1 Å². The molecule has 0 bridgehead atoms. The number of amides is 1. The fraction of sp³-hybridized carbons (Fsp3) is 0.458. The van der Waals surface area contributed by atoms with E-state index in [9.17, 15) is 18.0 Å². The highest BCUT2D eigenvalue weighted by atomic mass is 19.4. The average molecular weight is 433 g/mol. The van der Waals surface area contributed by atoms with Gasteiger partial charge >= 0.3 is 6.18 Å². The van der Waals surface area contributed by atoms with Crippen LogP contribution in [0.1, 0.15) is 37.8 Å². The Bertz CT molecular complexity index is 971. The van der Waals surface area contributed by atoms with Crippen LogP contribution in [0.15, 0.2) is 42.5 Å². The van der Waals surface area contributed by atoms with Gasteiger partial charge < -0.3 is 14.8 Å². The molecule has 7 heteroatoms. The number of hydrogen-bond acceptors (Lipinski definition) is 3. The largest absolute Gasteiger partial charge is 0.487 e. The molecule has 1 amide bonds. The molecule has 4 rings (SSSR count). The van der Waals surface area contributed by atoms with E-state index < -0.39 is 11.7 Å². The molecule has 0 spiro atoms. The number of para-hydroxylation sites is 1. The summed E-state index contributed by atoms with van der Waals surface area (Å²) in [5.41, 5.74) is 0.361. The molecule has 2 aromatic carbocycles. The highest BCUT2D eigenvalue weighted by molar-refractivity contribution is 5.79. The van der Waals surface area contributed by atoms with Gasteiger partial charge in [-0.2, -0.15) is 13.2 Å². The summed E-state index contributed by atoms with van der Waals surface area (Å²) in [5, 5.41) is 2.96. The topological polar surface area (TPSA) is 47.6 Å². The van der Waals surface area contributed by atoms with Crippen LogP contribution in [-0.4, -0.2) is 30.8 Å². The summed E-state index contributed by atoms with van der Waals surface area (Å²) in [7, 11) is 0. The van der Waals surface area contributed by atoms with Gasteiger partial charge in [-0.25, -0.2) is 0 Å². The number of alkyl halides is 3. The summed E-state index contributed by atoms with van der Waals surface area (Å²) in [4.78, 5) is 12.6. The predicted octanol–water partition coefficient (Wildman–Crippen LogP) is 5.00. The van der Waals surface area contributed by atoms with Crippen LogP contribution in [0.4, 0.5) is 13.2 Å². The highest BCUT2D eigenvalue weighted by Gasteiger charge is 2.36. The average Bonchev–Trinajstić information content (AvgIpc) is 3.14. The maximum absolute atomic E-state index is 13.5. The van der Waals surface area contributed by atoms with Crippen LogP contribution in [0.5, 0.6) is 5.75 Å². The van der Waals surface area contributed by atoms with Crippen LogP contribution in [0.2, 0.25) is 0 Å². The number of hydrogen-bond donors (Lipinski definition) is 1. The van der Waals surface area contributed by atoms with Crippen LogP contribution in [0.3, 0.4) is 0 Å². The predicted molar refractivity (Wildman–Crippen MR) is 111 cm³/mol. The van der Waals surface area contributed by atoms with Crippen molar-refractivity contribution in [3.63, 3.8) is 0 Å². The molecule has 1 fully saturated rings. The minimum atomic E-state index is -4.46. The molecule has 0 aliphatic carbocycles. The first-order valence-corrected chi connectivity index (χ1v) is 10.5. The molecule has 2 atom stereocenters. The molecule has 2 heterocycles. The first-order chi connectivity index (χ1) is 14.6. The molecule has 0 saturated carbocycles. The van der Waals surface area contributed by atoms with E-state index in [0.29, 0.717) is 43.7 Å². The second-order valence-electron chi connectivity index (χ2n) is 8.82. The second-order valence-corrected chi connectivity index (χ2v) is 8.82. The van der Waals surface area contributed by atoms with Gasteiger partial charge in [0.1, 0.15) is 11.9 Å². The summed E-state index contributed by atoms with van der Waals surface area (Å²) < 4.78 is 52.2. The smallest absolute Gasteiger partial charge is 0.417 e. The van der Waals surface area contributed by atoms with Crippen molar-refractivity contribution < 1.29 is 27.4 Å². The number of carbonyl (C=O) groups is 1. The molecule has 2 aromatic rings. The van der Waals surface area contributed by atoms with Crippen molar-refractivity contribution in [3.05, 3.63) is 53.6 Å². The summed E-state index contributed by atoms with van der Waals surface area (Å²) in [6.45, 7) is 4.82. The lowest BCUT2D eigenvalue weighted by atomic mass is 9.88. The quantitative estimate of drug-likeness (QED) is 0.739. The van der Waals surface area contributed by atoms with Gasteiger partial charge in [-0.15, -0.1) is 0 Å². The number of benzene rings is 2. The number of ether oxygens (including phenoxy) is 2. The van der Waals surface area contributed by atoms with Gasteiger partial charge in [0.25, 0.3) is 0 Å². The van der Waals surface area contributed by atoms with E-state index >= 15 is 0 Å². The minimum absolute atomic E-state index is 0.0291. The molecule has 2 aliphatic heterocycles. The highest BCUT2D eigenvalue weighted by Crippen LogP contribution is 2.43. The van der Waals surface area contributed by atoms with Crippen LogP contribution in [-0.2, 0) is 22.1 Å². The van der Waals surface area contributed by atoms with Crippen molar-refractivity contribution in [2.24, 2.45) is 5.92 Å². The monoisotopic (exact) mass is 433 g/mol. The molecule has 4 nitrogen and oxygen atoms in total. The van der Waals surface area contributed by atoms with E-state index in [1.165, 1.54) is 12.1 Å². The molecule has 0 radical (unpaired) electrons. The molecule has 2 aliphatic rings. The Morgan fingerprint density at radius 3 is 2.61 bits per heavy atom. The Balaban J connectivity index is 1.47. The first kappa shape index (κ1) is 21.7. The van der Waals surface area contributed by atoms with Crippen molar-refractivity contribution in [1.29, 1.82) is 0 Å². The zero-order chi connectivity index (χ0) is 22.2. The first-order valence-electron chi connectivity index (χ1n) is 10.5. The molecule has 1 saturated heterocycles. The molecular formula is C24H26F3NO3. The van der Waals surface area contributed by atoms with Crippen molar-refractivity contribution >= 4 is 5.91 Å². The molecule has 1 N–H and O–H groups in total. The van der Waals surface area contributed by atoms with Crippen molar-refractivity contribution in [3.8, 4) is 16.9 Å². The van der Waals surface area contributed by atoms with Crippen LogP contribution >= 0.6 is 0 Å². The van der Waals surface area contributed by atoms with Gasteiger partial charge in [0.2, 0.25) is 5.91 Å². The fourth-order valence-corrected chi connectivity index (χ4v) is 4.44. The zero-order valence-electron chi connectivity index (χ0n) is 17.6. The summed E-state index contributed by atoms with van der Waals surface area (Å²) >= 11 is 0. The Morgan fingerprint density at radius 1 is 1.13 bits per heavy atom. The molecule has 2 unspecified atom stereocenters. The zero-order valence-corrected chi connectivity index (χ0v) is 17.6. The molecule has 0 aromatic heterocycles. The number of halogens is 3. The second kappa shape index (κ2) is 8.19. The normalized spacial score (nSPS) is 22.5. The molecular weight excluding hydrogens is 407 g/mol. The lowest BCUT2D eigenvalue weighted by Crippen LogP contribution is -2.43. The maximum Gasteiger partial charge on any atom is 0.417 e. The molecule has 166 valence electrons. The maximum atomic E-state index is 13.5. The van der Waals surface area contributed by atoms with Crippen LogP contribution < -0.4 is 10.1 Å². The number of nitrogens with one attached hydrogen (secondary N) is 1. The van der Waals surface area contributed by atoms with Gasteiger partial charge in [0, 0.05) is 24.5 Å². The third kappa shape index (κ3) is 4.71. The number of carbonyl (C=O) groups excluding carboxylic acids is 1. The van der Waals surface area contributed by atoms with Gasteiger partial charge in [0.05, 0.1) is 17.7 Å². The van der Waals surface area contributed by atoms with Crippen molar-refractivity contribution in [2.75, 3.05) is 13.2 Å². The third-order valence-corrected chi connectivity index (χ3v) is 5.92. The number of rotatable bonds is 4. The minimum Gasteiger partial charge on any atom is -0.487 e. The Morgan fingerprint density at radius 2 is 1.87 bits per heavy atom. The number of fused-ring (bicyclic) bond motifs is 1.